The molecule has 0 aliphatic carbocycles. The van der Waals surface area contributed by atoms with Gasteiger partial charge in [0.25, 0.3) is 0 Å². The van der Waals surface area contributed by atoms with Crippen molar-refractivity contribution >= 4 is 54.9 Å². The third-order valence-corrected chi connectivity index (χ3v) is 10.3. The first-order chi connectivity index (χ1) is 17.4. The molecule has 2 heterocycles. The van der Waals surface area contributed by atoms with Gasteiger partial charge in [-0.25, -0.2) is 13.4 Å². The number of aromatic nitrogens is 1. The van der Waals surface area contributed by atoms with Crippen molar-refractivity contribution in [1.82, 2.24) is 9.29 Å². The summed E-state index contributed by atoms with van der Waals surface area (Å²) in [6.45, 7) is 0.565. The zero-order valence-electron chi connectivity index (χ0n) is 19.5. The summed E-state index contributed by atoms with van der Waals surface area (Å²) in [6.07, 6.45) is 2.72. The minimum atomic E-state index is -3.62. The Hall–Kier alpha value is -2.92. The van der Waals surface area contributed by atoms with E-state index in [1.165, 1.54) is 33.5 Å². The largest absolute Gasteiger partial charge is 0.507 e. The highest BCUT2D eigenvalue weighted by Crippen LogP contribution is 2.37. The molecule has 1 amide bonds. The van der Waals surface area contributed by atoms with Gasteiger partial charge in [-0.05, 0) is 55.5 Å². The van der Waals surface area contributed by atoms with Crippen LogP contribution in [0.2, 0.25) is 0 Å². The number of phenols is 1. The maximum atomic E-state index is 13.2. The second kappa shape index (κ2) is 10.2. The Kier molecular flexibility index (Phi) is 7.03. The SMILES string of the molecule is CSc1ccccc1S(=O)(=O)N1CCC(C(=O)Nc2ccc(-c3nc4ccccc4s3)c(O)c2)CC1. The average molecular weight is 540 g/mol. The van der Waals surface area contributed by atoms with Crippen LogP contribution in [-0.4, -0.2) is 48.1 Å². The van der Waals surface area contributed by atoms with Crippen molar-refractivity contribution in [3.8, 4) is 16.3 Å². The summed E-state index contributed by atoms with van der Waals surface area (Å²) in [7, 11) is -3.62. The lowest BCUT2D eigenvalue weighted by Gasteiger charge is -2.31. The molecule has 0 radical (unpaired) electrons. The number of thiazole rings is 1. The molecule has 1 fully saturated rings. The summed E-state index contributed by atoms with van der Waals surface area (Å²) >= 11 is 2.90. The minimum absolute atomic E-state index is 0.0419. The van der Waals surface area contributed by atoms with Crippen molar-refractivity contribution < 1.29 is 18.3 Å². The van der Waals surface area contributed by atoms with Crippen LogP contribution in [0, 0.1) is 5.92 Å². The summed E-state index contributed by atoms with van der Waals surface area (Å²) < 4.78 is 28.8. The number of phenolic OH excluding ortho intramolecular Hbond substituents is 1. The van der Waals surface area contributed by atoms with E-state index in [4.69, 9.17) is 0 Å². The molecule has 0 saturated carbocycles. The molecule has 5 rings (SSSR count). The fourth-order valence-electron chi connectivity index (χ4n) is 4.35. The van der Waals surface area contributed by atoms with Crippen LogP contribution in [0.1, 0.15) is 12.8 Å². The van der Waals surface area contributed by atoms with Crippen LogP contribution in [0.15, 0.2) is 76.5 Å². The lowest BCUT2D eigenvalue weighted by Crippen LogP contribution is -2.41. The van der Waals surface area contributed by atoms with Gasteiger partial charge in [0.15, 0.2) is 0 Å². The summed E-state index contributed by atoms with van der Waals surface area (Å²) in [4.78, 5) is 18.5. The molecular formula is C26H25N3O4S3. The quantitative estimate of drug-likeness (QED) is 0.317. The van der Waals surface area contributed by atoms with E-state index < -0.39 is 10.0 Å². The number of carbonyl (C=O) groups is 1. The van der Waals surface area contributed by atoms with E-state index in [1.54, 1.807) is 30.3 Å². The molecule has 1 aromatic heterocycles. The number of benzene rings is 3. The fraction of sp³-hybridized carbons (Fsp3) is 0.231. The molecule has 0 atom stereocenters. The number of rotatable bonds is 6. The molecule has 0 spiro atoms. The van der Waals surface area contributed by atoms with Crippen molar-refractivity contribution in [1.29, 1.82) is 0 Å². The van der Waals surface area contributed by atoms with Crippen LogP contribution in [-0.2, 0) is 14.8 Å². The first-order valence-corrected chi connectivity index (χ1v) is 15.0. The second-order valence-electron chi connectivity index (χ2n) is 8.54. The van der Waals surface area contributed by atoms with E-state index in [0.29, 0.717) is 38.9 Å². The van der Waals surface area contributed by atoms with Crippen LogP contribution >= 0.6 is 23.1 Å². The molecule has 2 N–H and O–H groups in total. The van der Waals surface area contributed by atoms with E-state index in [0.717, 1.165) is 10.2 Å². The Morgan fingerprint density at radius 2 is 1.81 bits per heavy atom. The van der Waals surface area contributed by atoms with Gasteiger partial charge >= 0.3 is 0 Å². The smallest absolute Gasteiger partial charge is 0.244 e. The van der Waals surface area contributed by atoms with E-state index >= 15 is 0 Å². The second-order valence-corrected chi connectivity index (χ2v) is 12.3. The highest BCUT2D eigenvalue weighted by Gasteiger charge is 2.33. The number of piperidine rings is 1. The number of nitrogens with one attached hydrogen (secondary N) is 1. The number of para-hydroxylation sites is 1. The number of hydrogen-bond donors (Lipinski definition) is 2. The van der Waals surface area contributed by atoms with E-state index in [2.05, 4.69) is 10.3 Å². The Bertz CT molecular complexity index is 1490. The van der Waals surface area contributed by atoms with Crippen molar-refractivity contribution in [2.24, 2.45) is 5.92 Å². The van der Waals surface area contributed by atoms with Gasteiger partial charge in [-0.15, -0.1) is 23.1 Å². The molecule has 1 saturated heterocycles. The van der Waals surface area contributed by atoms with Crippen molar-refractivity contribution in [3.63, 3.8) is 0 Å². The number of hydrogen-bond acceptors (Lipinski definition) is 7. The summed E-state index contributed by atoms with van der Waals surface area (Å²) in [5, 5.41) is 14.2. The molecule has 1 aliphatic rings. The molecule has 0 unspecified atom stereocenters. The van der Waals surface area contributed by atoms with Crippen LogP contribution in [0.5, 0.6) is 5.75 Å². The molecule has 186 valence electrons. The van der Waals surface area contributed by atoms with Crippen LogP contribution in [0.25, 0.3) is 20.8 Å². The van der Waals surface area contributed by atoms with E-state index in [9.17, 15) is 18.3 Å². The predicted octanol–water partition coefficient (Wildman–Crippen LogP) is 5.43. The van der Waals surface area contributed by atoms with Crippen molar-refractivity contribution in [2.45, 2.75) is 22.6 Å². The number of aromatic hydroxyl groups is 1. The van der Waals surface area contributed by atoms with Crippen molar-refractivity contribution in [3.05, 3.63) is 66.7 Å². The Morgan fingerprint density at radius 1 is 1.08 bits per heavy atom. The van der Waals surface area contributed by atoms with Gasteiger partial charge in [-0.1, -0.05) is 24.3 Å². The topological polar surface area (TPSA) is 99.6 Å². The third-order valence-electron chi connectivity index (χ3n) is 6.30. The Balaban J connectivity index is 1.23. The lowest BCUT2D eigenvalue weighted by molar-refractivity contribution is -0.120. The molecular weight excluding hydrogens is 515 g/mol. The summed E-state index contributed by atoms with van der Waals surface area (Å²) in [5.74, 6) is -0.442. The normalized spacial score (nSPS) is 15.2. The molecule has 36 heavy (non-hydrogen) atoms. The number of sulfonamides is 1. The maximum absolute atomic E-state index is 13.2. The molecule has 10 heteroatoms. The molecule has 0 bridgehead atoms. The van der Waals surface area contributed by atoms with Gasteiger partial charge in [0, 0.05) is 35.7 Å². The Morgan fingerprint density at radius 3 is 2.53 bits per heavy atom. The maximum Gasteiger partial charge on any atom is 0.244 e. The summed E-state index contributed by atoms with van der Waals surface area (Å²) in [5.41, 5.74) is 1.98. The lowest BCUT2D eigenvalue weighted by atomic mass is 9.97. The highest BCUT2D eigenvalue weighted by atomic mass is 32.2. The molecule has 1 aliphatic heterocycles. The molecule has 3 aromatic carbocycles. The number of nitrogens with zero attached hydrogens (tertiary/aromatic N) is 2. The van der Waals surface area contributed by atoms with Crippen LogP contribution in [0.3, 0.4) is 0 Å². The highest BCUT2D eigenvalue weighted by molar-refractivity contribution is 7.99. The first-order valence-electron chi connectivity index (χ1n) is 11.5. The number of fused-ring (bicyclic) bond motifs is 1. The predicted molar refractivity (Wildman–Crippen MR) is 145 cm³/mol. The molecule has 4 aromatic rings. The number of amides is 1. The molecule has 7 nitrogen and oxygen atoms in total. The van der Waals surface area contributed by atoms with Crippen LogP contribution in [0.4, 0.5) is 5.69 Å². The standard InChI is InChI=1S/C26H25N3O4S3/c1-34-23-8-4-5-9-24(23)36(32,33)29-14-12-17(13-15-29)25(31)27-18-10-11-19(21(30)16-18)26-28-20-6-2-3-7-22(20)35-26/h2-11,16-17,30H,12-15H2,1H3,(H,27,31). The van der Waals surface area contributed by atoms with Gasteiger partial charge < -0.3 is 10.4 Å². The van der Waals surface area contributed by atoms with Crippen LogP contribution < -0.4 is 5.32 Å². The Labute approximate surface area is 218 Å². The number of thioether (sulfide) groups is 1. The van der Waals surface area contributed by atoms with E-state index in [1.807, 2.05) is 36.6 Å². The number of anilines is 1. The zero-order valence-corrected chi connectivity index (χ0v) is 22.0. The average Bonchev–Trinajstić information content (AvgIpc) is 3.32. The van der Waals surface area contributed by atoms with Gasteiger partial charge in [0.2, 0.25) is 15.9 Å². The van der Waals surface area contributed by atoms with Gasteiger partial charge in [0.1, 0.15) is 10.8 Å². The summed E-state index contributed by atoms with van der Waals surface area (Å²) in [6, 6.07) is 19.8. The zero-order chi connectivity index (χ0) is 25.3. The van der Waals surface area contributed by atoms with E-state index in [-0.39, 0.29) is 30.7 Å². The van der Waals surface area contributed by atoms with Gasteiger partial charge in [0.05, 0.1) is 20.7 Å². The number of carbonyl (C=O) groups excluding carboxylic acids is 1. The minimum Gasteiger partial charge on any atom is -0.507 e. The monoisotopic (exact) mass is 539 g/mol. The van der Waals surface area contributed by atoms with Gasteiger partial charge in [-0.3, -0.25) is 4.79 Å². The first kappa shape index (κ1) is 24.8. The van der Waals surface area contributed by atoms with Crippen molar-refractivity contribution in [2.75, 3.05) is 24.7 Å². The van der Waals surface area contributed by atoms with Gasteiger partial charge in [-0.2, -0.15) is 4.31 Å². The fourth-order valence-corrected chi connectivity index (χ4v) is 7.94. The third kappa shape index (κ3) is 4.86.